The zero-order valence-electron chi connectivity index (χ0n) is 29.6. The van der Waals surface area contributed by atoms with E-state index in [-0.39, 0.29) is 48.1 Å². The Morgan fingerprint density at radius 3 is 2.29 bits per heavy atom. The van der Waals surface area contributed by atoms with Crippen LogP contribution in [0.25, 0.3) is 0 Å². The number of hydrogen-bond donors (Lipinski definition) is 1. The van der Waals surface area contributed by atoms with Crippen molar-refractivity contribution >= 4 is 35.4 Å². The number of amides is 3. The number of guanidine groups is 1. The van der Waals surface area contributed by atoms with Crippen LogP contribution in [0.3, 0.4) is 0 Å². The Balaban J connectivity index is 1.58. The predicted molar refractivity (Wildman–Crippen MR) is 186 cm³/mol. The normalized spacial score (nSPS) is 14.7. The van der Waals surface area contributed by atoms with E-state index in [2.05, 4.69) is 4.99 Å². The van der Waals surface area contributed by atoms with Gasteiger partial charge in [0.2, 0.25) is 5.96 Å². The Labute approximate surface area is 295 Å². The maximum atomic E-state index is 15.5. The maximum Gasteiger partial charge on any atom is 0.437 e. The van der Waals surface area contributed by atoms with Gasteiger partial charge in [-0.05, 0) is 89.8 Å². The SMILES string of the molecule is CCC1Oc2ccc(F)c(Oc3ccc(CCN(C(=O)OC(C)(C)C)C(N)=NC(=O)OC(C)(C)C)cc3)c2N(Cc2cccc([N+](=O)[O-])c2)C1=O. The Hall–Kier alpha value is -5.73. The lowest BCUT2D eigenvalue weighted by Crippen LogP contribution is -2.46. The minimum atomic E-state index is -0.966. The standard InChI is InChI=1S/C36H42FN5O9/c1-8-27-31(43)41(21-23-10-9-11-24(20-23)42(46)47)29-28(49-27)17-16-26(37)30(29)48-25-14-12-22(13-15-25)18-19-40(34(45)51-36(5,6)7)32(38)39-33(44)50-35(2,3)4/h9-17,20,27H,8,18-19,21H2,1-7H3,(H2,38,39,44). The van der Waals surface area contributed by atoms with Crippen molar-refractivity contribution < 1.29 is 42.6 Å². The van der Waals surface area contributed by atoms with Crippen molar-refractivity contribution in [3.05, 3.63) is 87.7 Å². The third-order valence-corrected chi connectivity index (χ3v) is 7.22. The first kappa shape index (κ1) is 38.1. The molecule has 51 heavy (non-hydrogen) atoms. The van der Waals surface area contributed by atoms with E-state index in [1.807, 2.05) is 0 Å². The highest BCUT2D eigenvalue weighted by molar-refractivity contribution is 6.01. The maximum absolute atomic E-state index is 15.5. The number of non-ortho nitro benzene ring substituents is 1. The lowest BCUT2D eigenvalue weighted by molar-refractivity contribution is -0.384. The smallest absolute Gasteiger partial charge is 0.437 e. The summed E-state index contributed by atoms with van der Waals surface area (Å²) in [5.41, 5.74) is 5.45. The number of hydrogen-bond acceptors (Lipinski definition) is 9. The average molecular weight is 708 g/mol. The van der Waals surface area contributed by atoms with Crippen LogP contribution in [0.15, 0.2) is 65.7 Å². The summed E-state index contributed by atoms with van der Waals surface area (Å²) in [7, 11) is 0. The number of benzene rings is 3. The van der Waals surface area contributed by atoms with Crippen molar-refractivity contribution in [2.45, 2.75) is 85.2 Å². The van der Waals surface area contributed by atoms with Gasteiger partial charge in [-0.3, -0.25) is 19.8 Å². The van der Waals surface area contributed by atoms with E-state index in [1.165, 1.54) is 35.2 Å². The first-order valence-electron chi connectivity index (χ1n) is 16.2. The molecule has 0 aromatic heterocycles. The lowest BCUT2D eigenvalue weighted by atomic mass is 10.1. The fraction of sp³-hybridized carbons (Fsp3) is 0.389. The molecule has 4 rings (SSSR count). The van der Waals surface area contributed by atoms with Crippen LogP contribution >= 0.6 is 0 Å². The monoisotopic (exact) mass is 707 g/mol. The van der Waals surface area contributed by atoms with E-state index < -0.39 is 52.1 Å². The number of fused-ring (bicyclic) bond motifs is 1. The number of anilines is 1. The van der Waals surface area contributed by atoms with Gasteiger partial charge in [-0.25, -0.2) is 18.9 Å². The molecular formula is C36H42FN5O9. The fourth-order valence-electron chi connectivity index (χ4n) is 4.97. The molecule has 0 bridgehead atoms. The van der Waals surface area contributed by atoms with Crippen molar-refractivity contribution in [1.29, 1.82) is 0 Å². The zero-order valence-corrected chi connectivity index (χ0v) is 29.6. The number of ether oxygens (including phenoxy) is 4. The topological polar surface area (TPSA) is 176 Å². The minimum absolute atomic E-state index is 0.0152. The molecule has 0 aliphatic carbocycles. The Kier molecular flexibility index (Phi) is 11.5. The molecule has 3 amide bonds. The molecule has 0 saturated heterocycles. The Morgan fingerprint density at radius 1 is 1.02 bits per heavy atom. The average Bonchev–Trinajstić information content (AvgIpc) is 3.02. The summed E-state index contributed by atoms with van der Waals surface area (Å²) in [6.45, 7) is 11.7. The summed E-state index contributed by atoms with van der Waals surface area (Å²) in [4.78, 5) is 55.8. The van der Waals surface area contributed by atoms with E-state index in [4.69, 9.17) is 24.7 Å². The number of nitrogens with two attached hydrogens (primary N) is 1. The number of carbonyl (C=O) groups excluding carboxylic acids is 3. The van der Waals surface area contributed by atoms with Crippen LogP contribution in [-0.2, 0) is 27.2 Å². The van der Waals surface area contributed by atoms with Crippen LogP contribution in [0.2, 0.25) is 0 Å². The number of aliphatic imine (C=N–C) groups is 1. The number of nitro groups is 1. The van der Waals surface area contributed by atoms with Crippen molar-refractivity contribution in [1.82, 2.24) is 4.90 Å². The Morgan fingerprint density at radius 2 is 1.69 bits per heavy atom. The van der Waals surface area contributed by atoms with Crippen LogP contribution in [0, 0.1) is 15.9 Å². The third-order valence-electron chi connectivity index (χ3n) is 7.22. The van der Waals surface area contributed by atoms with Crippen molar-refractivity contribution in [2.24, 2.45) is 10.7 Å². The summed E-state index contributed by atoms with van der Waals surface area (Å²) in [5.74, 6) is -1.45. The molecule has 0 saturated carbocycles. The molecular weight excluding hydrogens is 665 g/mol. The quantitative estimate of drug-likeness (QED) is 0.103. The summed E-state index contributed by atoms with van der Waals surface area (Å²) >= 11 is 0. The summed E-state index contributed by atoms with van der Waals surface area (Å²) in [5, 5.41) is 11.4. The predicted octanol–water partition coefficient (Wildman–Crippen LogP) is 7.26. The van der Waals surface area contributed by atoms with E-state index >= 15 is 4.39 Å². The van der Waals surface area contributed by atoms with Crippen LogP contribution in [-0.4, -0.2) is 57.7 Å². The van der Waals surface area contributed by atoms with Crippen LogP contribution in [0.1, 0.15) is 66.0 Å². The Bertz CT molecular complexity index is 1820. The van der Waals surface area contributed by atoms with E-state index in [0.717, 1.165) is 4.90 Å². The van der Waals surface area contributed by atoms with Crippen molar-refractivity contribution in [3.63, 3.8) is 0 Å². The van der Waals surface area contributed by atoms with Gasteiger partial charge in [0.05, 0.1) is 11.5 Å². The first-order chi connectivity index (χ1) is 23.8. The molecule has 1 aliphatic heterocycles. The second-order valence-electron chi connectivity index (χ2n) is 13.7. The van der Waals surface area contributed by atoms with Gasteiger partial charge < -0.3 is 24.7 Å². The molecule has 2 N–H and O–H groups in total. The number of halogens is 1. The number of nitro benzene ring substituents is 1. The molecule has 0 radical (unpaired) electrons. The molecule has 272 valence electrons. The van der Waals surface area contributed by atoms with Gasteiger partial charge >= 0.3 is 12.2 Å². The van der Waals surface area contributed by atoms with Gasteiger partial charge in [-0.1, -0.05) is 31.2 Å². The summed E-state index contributed by atoms with van der Waals surface area (Å²) in [6, 6.07) is 14.9. The van der Waals surface area contributed by atoms with Crippen LogP contribution in [0.5, 0.6) is 17.2 Å². The van der Waals surface area contributed by atoms with E-state index in [9.17, 15) is 24.5 Å². The fourth-order valence-corrected chi connectivity index (χ4v) is 4.97. The van der Waals surface area contributed by atoms with E-state index in [0.29, 0.717) is 17.5 Å². The molecule has 1 unspecified atom stereocenters. The van der Waals surface area contributed by atoms with Crippen molar-refractivity contribution in [3.8, 4) is 17.2 Å². The van der Waals surface area contributed by atoms with Crippen LogP contribution in [0.4, 0.5) is 25.4 Å². The molecule has 3 aromatic carbocycles. The highest BCUT2D eigenvalue weighted by Gasteiger charge is 2.37. The zero-order chi connectivity index (χ0) is 37.7. The third kappa shape index (κ3) is 10.2. The molecule has 15 heteroatoms. The number of carbonyl (C=O) groups is 3. The molecule has 0 spiro atoms. The second-order valence-corrected chi connectivity index (χ2v) is 13.7. The number of nitrogens with zero attached hydrogens (tertiary/aromatic N) is 4. The lowest BCUT2D eigenvalue weighted by Gasteiger charge is -2.35. The highest BCUT2D eigenvalue weighted by Crippen LogP contribution is 2.46. The van der Waals surface area contributed by atoms with E-state index in [1.54, 1.807) is 78.8 Å². The molecule has 1 atom stereocenters. The van der Waals surface area contributed by atoms with Gasteiger partial charge in [0.25, 0.3) is 11.6 Å². The first-order valence-corrected chi connectivity index (χ1v) is 16.2. The summed E-state index contributed by atoms with van der Waals surface area (Å²) < 4.78 is 38.1. The van der Waals surface area contributed by atoms with Gasteiger partial charge in [0, 0.05) is 18.7 Å². The van der Waals surface area contributed by atoms with Gasteiger partial charge in [-0.2, -0.15) is 0 Å². The van der Waals surface area contributed by atoms with Crippen molar-refractivity contribution in [2.75, 3.05) is 11.4 Å². The number of rotatable bonds is 9. The molecule has 1 aliphatic rings. The molecule has 14 nitrogen and oxygen atoms in total. The molecule has 0 fully saturated rings. The van der Waals surface area contributed by atoms with Crippen LogP contribution < -0.4 is 20.1 Å². The second kappa shape index (κ2) is 15.4. The molecule has 1 heterocycles. The van der Waals surface area contributed by atoms with Gasteiger partial charge in [0.1, 0.15) is 28.4 Å². The van der Waals surface area contributed by atoms with Gasteiger partial charge in [-0.15, -0.1) is 4.99 Å². The minimum Gasteiger partial charge on any atom is -0.478 e. The largest absolute Gasteiger partial charge is 0.478 e. The molecule has 3 aromatic rings. The van der Waals surface area contributed by atoms with Gasteiger partial charge in [0.15, 0.2) is 17.7 Å². The highest BCUT2D eigenvalue weighted by atomic mass is 19.1. The summed E-state index contributed by atoms with van der Waals surface area (Å²) in [6.07, 6.45) is -2.04.